The number of rotatable bonds is 7. The van der Waals surface area contributed by atoms with Gasteiger partial charge >= 0.3 is 0 Å². The van der Waals surface area contributed by atoms with E-state index in [1.165, 1.54) is 12.1 Å². The highest BCUT2D eigenvalue weighted by molar-refractivity contribution is 5.92. The van der Waals surface area contributed by atoms with Crippen LogP contribution in [0.4, 0.5) is 15.8 Å². The molecule has 0 aliphatic carbocycles. The minimum absolute atomic E-state index is 0.249. The first kappa shape index (κ1) is 16.6. The van der Waals surface area contributed by atoms with Crippen LogP contribution < -0.4 is 21.1 Å². The number of aliphatic imine (C=N–C) groups is 1. The summed E-state index contributed by atoms with van der Waals surface area (Å²) in [7, 11) is 1.62. The molecule has 0 fully saturated rings. The molecule has 2 rings (SSSR count). The second-order valence-electron chi connectivity index (χ2n) is 4.91. The molecule has 0 amide bonds. The molecule has 0 spiro atoms. The maximum atomic E-state index is 13.0. The Kier molecular flexibility index (Phi) is 6.23. The molecule has 4 N–H and O–H groups in total. The van der Waals surface area contributed by atoms with Crippen molar-refractivity contribution >= 4 is 17.3 Å². The monoisotopic (exact) mass is 316 g/mol. The minimum atomic E-state index is -0.249. The van der Waals surface area contributed by atoms with Crippen molar-refractivity contribution in [3.63, 3.8) is 0 Å². The largest absolute Gasteiger partial charge is 0.497 e. The lowest BCUT2D eigenvalue weighted by atomic mass is 10.3. The van der Waals surface area contributed by atoms with E-state index in [0.29, 0.717) is 19.0 Å². The molecule has 0 radical (unpaired) electrons. The van der Waals surface area contributed by atoms with Crippen molar-refractivity contribution in [1.82, 2.24) is 0 Å². The molecule has 6 heteroatoms. The Morgan fingerprint density at radius 3 is 2.65 bits per heavy atom. The highest BCUT2D eigenvalue weighted by Crippen LogP contribution is 2.14. The van der Waals surface area contributed by atoms with Crippen LogP contribution in [0, 0.1) is 5.82 Å². The third-order valence-electron chi connectivity index (χ3n) is 3.13. The molecule has 0 aromatic heterocycles. The molecule has 0 saturated heterocycles. The number of nitrogens with two attached hydrogens (primary N) is 1. The molecule has 2 aromatic rings. The van der Waals surface area contributed by atoms with Gasteiger partial charge in [0.25, 0.3) is 0 Å². The van der Waals surface area contributed by atoms with Gasteiger partial charge in [-0.2, -0.15) is 0 Å². The number of hydrogen-bond donors (Lipinski definition) is 3. The Hall–Kier alpha value is -2.76. The van der Waals surface area contributed by atoms with Gasteiger partial charge in [0.2, 0.25) is 0 Å². The molecule has 0 aliphatic rings. The second kappa shape index (κ2) is 8.63. The Morgan fingerprint density at radius 1 is 1.17 bits per heavy atom. The van der Waals surface area contributed by atoms with Crippen LogP contribution >= 0.6 is 0 Å². The average Bonchev–Trinajstić information content (AvgIpc) is 2.55. The van der Waals surface area contributed by atoms with Crippen LogP contribution in [-0.4, -0.2) is 26.2 Å². The van der Waals surface area contributed by atoms with Gasteiger partial charge < -0.3 is 21.1 Å². The van der Waals surface area contributed by atoms with Crippen LogP contribution in [0.15, 0.2) is 53.5 Å². The lowest BCUT2D eigenvalue weighted by Crippen LogP contribution is -2.23. The van der Waals surface area contributed by atoms with Crippen molar-refractivity contribution in [3.05, 3.63) is 54.3 Å². The van der Waals surface area contributed by atoms with Crippen LogP contribution in [0.5, 0.6) is 5.75 Å². The summed E-state index contributed by atoms with van der Waals surface area (Å²) in [4.78, 5) is 4.25. The Labute approximate surface area is 135 Å². The Bertz CT molecular complexity index is 643. The molecule has 0 heterocycles. The fourth-order valence-corrected chi connectivity index (χ4v) is 1.97. The number of nitrogens with zero attached hydrogens (tertiary/aromatic N) is 1. The summed E-state index contributed by atoms with van der Waals surface area (Å²) < 4.78 is 18.1. The molecule has 5 nitrogen and oxygen atoms in total. The molecule has 0 aliphatic heterocycles. The topological polar surface area (TPSA) is 71.7 Å². The highest BCUT2D eigenvalue weighted by atomic mass is 19.1. The molecular weight excluding hydrogens is 295 g/mol. The van der Waals surface area contributed by atoms with Crippen molar-refractivity contribution in [2.75, 3.05) is 30.8 Å². The summed E-state index contributed by atoms with van der Waals surface area (Å²) in [6, 6.07) is 13.8. The minimum Gasteiger partial charge on any atom is -0.497 e. The molecule has 23 heavy (non-hydrogen) atoms. The van der Waals surface area contributed by atoms with Crippen molar-refractivity contribution in [3.8, 4) is 5.75 Å². The van der Waals surface area contributed by atoms with E-state index in [0.717, 1.165) is 23.5 Å². The maximum Gasteiger partial charge on any atom is 0.193 e. The number of halogens is 1. The number of hydrogen-bond acceptors (Lipinski definition) is 3. The Balaban J connectivity index is 1.70. The van der Waals surface area contributed by atoms with Gasteiger partial charge in [-0.15, -0.1) is 0 Å². The summed E-state index contributed by atoms with van der Waals surface area (Å²) in [5.41, 5.74) is 7.44. The van der Waals surface area contributed by atoms with E-state index in [4.69, 9.17) is 10.5 Å². The Morgan fingerprint density at radius 2 is 1.96 bits per heavy atom. The normalized spacial score (nSPS) is 11.1. The van der Waals surface area contributed by atoms with Crippen LogP contribution in [0.25, 0.3) is 0 Å². The van der Waals surface area contributed by atoms with Gasteiger partial charge in [-0.3, -0.25) is 4.99 Å². The van der Waals surface area contributed by atoms with Crippen LogP contribution in [0.2, 0.25) is 0 Å². The van der Waals surface area contributed by atoms with Gasteiger partial charge in [-0.25, -0.2) is 4.39 Å². The first-order valence-corrected chi connectivity index (χ1v) is 7.38. The smallest absolute Gasteiger partial charge is 0.193 e. The van der Waals surface area contributed by atoms with Gasteiger partial charge in [-0.05, 0) is 48.9 Å². The van der Waals surface area contributed by atoms with Gasteiger partial charge in [0.05, 0.1) is 7.11 Å². The van der Waals surface area contributed by atoms with Crippen molar-refractivity contribution in [2.24, 2.45) is 10.7 Å². The van der Waals surface area contributed by atoms with E-state index in [2.05, 4.69) is 15.6 Å². The number of methoxy groups -OCH3 is 1. The lowest BCUT2D eigenvalue weighted by Gasteiger charge is -2.07. The fraction of sp³-hybridized carbons (Fsp3) is 0.235. The third kappa shape index (κ3) is 5.86. The molecule has 0 saturated carbocycles. The summed E-state index contributed by atoms with van der Waals surface area (Å²) >= 11 is 0. The standard InChI is InChI=1S/C17H21FN4O/c1-23-16-8-6-14(7-9-16)22-17(19)21-11-3-10-20-15-5-2-4-13(18)12-15/h2,4-9,12,20H,3,10-11H2,1H3,(H3,19,21,22). The van der Waals surface area contributed by atoms with Gasteiger partial charge in [0.1, 0.15) is 11.6 Å². The fourth-order valence-electron chi connectivity index (χ4n) is 1.97. The maximum absolute atomic E-state index is 13.0. The zero-order chi connectivity index (χ0) is 16.5. The highest BCUT2D eigenvalue weighted by Gasteiger charge is 1.97. The van der Waals surface area contributed by atoms with E-state index in [1.54, 1.807) is 13.2 Å². The van der Waals surface area contributed by atoms with Gasteiger partial charge in [0, 0.05) is 24.5 Å². The first-order valence-electron chi connectivity index (χ1n) is 7.38. The molecule has 0 atom stereocenters. The molecule has 0 bridgehead atoms. The van der Waals surface area contributed by atoms with E-state index in [1.807, 2.05) is 30.3 Å². The predicted molar refractivity (Wildman–Crippen MR) is 92.6 cm³/mol. The lowest BCUT2D eigenvalue weighted by molar-refractivity contribution is 0.415. The van der Waals surface area contributed by atoms with Crippen molar-refractivity contribution in [1.29, 1.82) is 0 Å². The van der Waals surface area contributed by atoms with Gasteiger partial charge in [-0.1, -0.05) is 6.07 Å². The summed E-state index contributed by atoms with van der Waals surface area (Å²) in [5.74, 6) is 0.899. The van der Waals surface area contributed by atoms with E-state index in [-0.39, 0.29) is 5.82 Å². The summed E-state index contributed by atoms with van der Waals surface area (Å²) in [5, 5.41) is 6.15. The van der Waals surface area contributed by atoms with Crippen LogP contribution in [0.1, 0.15) is 6.42 Å². The number of benzene rings is 2. The van der Waals surface area contributed by atoms with Crippen molar-refractivity contribution < 1.29 is 9.13 Å². The zero-order valence-electron chi connectivity index (χ0n) is 13.1. The predicted octanol–water partition coefficient (Wildman–Crippen LogP) is 3.06. The number of ether oxygens (including phenoxy) is 1. The van der Waals surface area contributed by atoms with Crippen LogP contribution in [-0.2, 0) is 0 Å². The average molecular weight is 316 g/mol. The zero-order valence-corrected chi connectivity index (χ0v) is 13.1. The number of guanidine groups is 1. The molecular formula is C17H21FN4O. The first-order chi connectivity index (χ1) is 11.2. The number of nitrogens with one attached hydrogen (secondary N) is 2. The van der Waals surface area contributed by atoms with E-state index < -0.39 is 0 Å². The van der Waals surface area contributed by atoms with Crippen LogP contribution in [0.3, 0.4) is 0 Å². The molecule has 0 unspecified atom stereocenters. The van der Waals surface area contributed by atoms with E-state index in [9.17, 15) is 4.39 Å². The van der Waals surface area contributed by atoms with Crippen molar-refractivity contribution in [2.45, 2.75) is 6.42 Å². The third-order valence-corrected chi connectivity index (χ3v) is 3.13. The molecule has 122 valence electrons. The molecule has 2 aromatic carbocycles. The van der Waals surface area contributed by atoms with Gasteiger partial charge in [0.15, 0.2) is 5.96 Å². The SMILES string of the molecule is COc1ccc(NC(N)=NCCCNc2cccc(F)c2)cc1. The number of anilines is 2. The van der Waals surface area contributed by atoms with E-state index >= 15 is 0 Å². The quantitative estimate of drug-likeness (QED) is 0.417. The second-order valence-corrected chi connectivity index (χ2v) is 4.91. The summed E-state index contributed by atoms with van der Waals surface area (Å²) in [6.07, 6.45) is 0.793. The summed E-state index contributed by atoms with van der Waals surface area (Å²) in [6.45, 7) is 1.28.